The molecule has 0 aliphatic carbocycles. The number of carbonyl (C=O) groups excluding carboxylic acids is 1. The molecule has 1 heterocycles. The average Bonchev–Trinajstić information content (AvgIpc) is 2.63. The van der Waals surface area contributed by atoms with Crippen molar-refractivity contribution in [3.63, 3.8) is 0 Å². The molecule has 0 aromatic carbocycles. The second-order valence-corrected chi connectivity index (χ2v) is 2.89. The highest BCUT2D eigenvalue weighted by Crippen LogP contribution is 2.23. The van der Waals surface area contributed by atoms with E-state index in [1.54, 1.807) is 0 Å². The summed E-state index contributed by atoms with van der Waals surface area (Å²) >= 11 is 0. The highest BCUT2D eigenvalue weighted by Gasteiger charge is 2.35. The van der Waals surface area contributed by atoms with E-state index in [-0.39, 0.29) is 18.9 Å². The standard InChI is InChI=1S/C8H15NO4/c1-11-7(10)2-3-8(6-9)12-4-5-13-8/h2-6,9H2,1H3. The van der Waals surface area contributed by atoms with E-state index in [2.05, 4.69) is 4.74 Å². The third-order valence-electron chi connectivity index (χ3n) is 2.06. The first kappa shape index (κ1) is 10.4. The van der Waals surface area contributed by atoms with Gasteiger partial charge in [0.25, 0.3) is 0 Å². The summed E-state index contributed by atoms with van der Waals surface area (Å²) in [4.78, 5) is 10.9. The van der Waals surface area contributed by atoms with Crippen LogP contribution in [0.15, 0.2) is 0 Å². The summed E-state index contributed by atoms with van der Waals surface area (Å²) in [5, 5.41) is 0. The molecule has 0 bridgehead atoms. The Balaban J connectivity index is 2.35. The van der Waals surface area contributed by atoms with Gasteiger partial charge in [-0.3, -0.25) is 4.79 Å². The van der Waals surface area contributed by atoms with E-state index in [9.17, 15) is 4.79 Å². The maximum atomic E-state index is 10.9. The quantitative estimate of drug-likeness (QED) is 0.611. The van der Waals surface area contributed by atoms with E-state index in [0.29, 0.717) is 19.6 Å². The van der Waals surface area contributed by atoms with E-state index < -0.39 is 5.79 Å². The van der Waals surface area contributed by atoms with Crippen LogP contribution in [0.5, 0.6) is 0 Å². The molecule has 76 valence electrons. The second-order valence-electron chi connectivity index (χ2n) is 2.89. The third-order valence-corrected chi connectivity index (χ3v) is 2.06. The van der Waals surface area contributed by atoms with Crippen molar-refractivity contribution in [3.05, 3.63) is 0 Å². The van der Waals surface area contributed by atoms with Crippen molar-refractivity contribution in [2.45, 2.75) is 18.6 Å². The molecule has 1 rings (SSSR count). The molecule has 0 saturated carbocycles. The molecule has 1 aliphatic rings. The zero-order valence-corrected chi connectivity index (χ0v) is 7.75. The third kappa shape index (κ3) is 2.65. The second kappa shape index (κ2) is 4.55. The molecule has 13 heavy (non-hydrogen) atoms. The monoisotopic (exact) mass is 189 g/mol. The lowest BCUT2D eigenvalue weighted by atomic mass is 10.1. The SMILES string of the molecule is COC(=O)CCC1(CN)OCCO1. The van der Waals surface area contributed by atoms with Crippen molar-refractivity contribution >= 4 is 5.97 Å². The molecule has 0 atom stereocenters. The van der Waals surface area contributed by atoms with Crippen molar-refractivity contribution in [2.24, 2.45) is 5.73 Å². The molecular formula is C8H15NO4. The van der Waals surface area contributed by atoms with E-state index >= 15 is 0 Å². The minimum Gasteiger partial charge on any atom is -0.469 e. The van der Waals surface area contributed by atoms with Crippen LogP contribution in [0.3, 0.4) is 0 Å². The minimum atomic E-state index is -0.756. The fraction of sp³-hybridized carbons (Fsp3) is 0.875. The zero-order valence-electron chi connectivity index (χ0n) is 7.75. The van der Waals surface area contributed by atoms with Crippen LogP contribution in [-0.4, -0.2) is 38.6 Å². The zero-order chi connectivity index (χ0) is 9.73. The highest BCUT2D eigenvalue weighted by molar-refractivity contribution is 5.69. The molecular weight excluding hydrogens is 174 g/mol. The van der Waals surface area contributed by atoms with E-state index in [0.717, 1.165) is 0 Å². The average molecular weight is 189 g/mol. The number of hydrogen-bond donors (Lipinski definition) is 1. The van der Waals surface area contributed by atoms with E-state index in [1.807, 2.05) is 0 Å². The number of hydrogen-bond acceptors (Lipinski definition) is 5. The van der Waals surface area contributed by atoms with Gasteiger partial charge in [0.2, 0.25) is 0 Å². The predicted molar refractivity (Wildman–Crippen MR) is 44.9 cm³/mol. The fourth-order valence-corrected chi connectivity index (χ4v) is 1.26. The lowest BCUT2D eigenvalue weighted by molar-refractivity contribution is -0.163. The number of esters is 1. The first-order chi connectivity index (χ1) is 6.22. The predicted octanol–water partition coefficient (Wildman–Crippen LogP) is -0.359. The van der Waals surface area contributed by atoms with Crippen LogP contribution in [0.2, 0.25) is 0 Å². The van der Waals surface area contributed by atoms with Crippen molar-refractivity contribution < 1.29 is 19.0 Å². The van der Waals surface area contributed by atoms with Crippen molar-refractivity contribution in [1.82, 2.24) is 0 Å². The Morgan fingerprint density at radius 1 is 1.54 bits per heavy atom. The Morgan fingerprint density at radius 2 is 2.15 bits per heavy atom. The molecule has 0 spiro atoms. The first-order valence-electron chi connectivity index (χ1n) is 4.27. The largest absolute Gasteiger partial charge is 0.469 e. The van der Waals surface area contributed by atoms with Crippen molar-refractivity contribution in [3.8, 4) is 0 Å². The minimum absolute atomic E-state index is 0.268. The summed E-state index contributed by atoms with van der Waals surface area (Å²) in [6.07, 6.45) is 0.726. The van der Waals surface area contributed by atoms with Gasteiger partial charge in [0, 0.05) is 13.0 Å². The van der Waals surface area contributed by atoms with Crippen LogP contribution in [0.4, 0.5) is 0 Å². The Morgan fingerprint density at radius 3 is 2.62 bits per heavy atom. The van der Waals surface area contributed by atoms with Crippen molar-refractivity contribution in [1.29, 1.82) is 0 Å². The van der Waals surface area contributed by atoms with Gasteiger partial charge in [0.15, 0.2) is 5.79 Å². The Labute approximate surface area is 77.1 Å². The summed E-state index contributed by atoms with van der Waals surface area (Å²) in [5.41, 5.74) is 5.49. The van der Waals surface area contributed by atoms with E-state index in [1.165, 1.54) is 7.11 Å². The van der Waals surface area contributed by atoms with Gasteiger partial charge in [-0.2, -0.15) is 0 Å². The molecule has 1 fully saturated rings. The van der Waals surface area contributed by atoms with Crippen LogP contribution in [-0.2, 0) is 19.0 Å². The maximum absolute atomic E-state index is 10.9. The number of carbonyl (C=O) groups is 1. The van der Waals surface area contributed by atoms with Gasteiger partial charge in [-0.1, -0.05) is 0 Å². The summed E-state index contributed by atoms with van der Waals surface area (Å²) in [6.45, 7) is 1.35. The summed E-state index contributed by atoms with van der Waals surface area (Å²) in [6, 6.07) is 0. The molecule has 5 nitrogen and oxygen atoms in total. The normalized spacial score (nSPS) is 20.2. The lowest BCUT2D eigenvalue weighted by Gasteiger charge is -2.24. The number of nitrogens with two attached hydrogens (primary N) is 1. The van der Waals surface area contributed by atoms with Gasteiger partial charge in [-0.15, -0.1) is 0 Å². The molecule has 5 heteroatoms. The van der Waals surface area contributed by atoms with Gasteiger partial charge in [-0.05, 0) is 0 Å². The van der Waals surface area contributed by atoms with Crippen LogP contribution >= 0.6 is 0 Å². The molecule has 0 amide bonds. The van der Waals surface area contributed by atoms with Crippen molar-refractivity contribution in [2.75, 3.05) is 26.9 Å². The topological polar surface area (TPSA) is 70.8 Å². The molecule has 0 aromatic heterocycles. The van der Waals surface area contributed by atoms with E-state index in [4.69, 9.17) is 15.2 Å². The molecule has 1 aliphatic heterocycles. The summed E-state index contributed by atoms with van der Waals surface area (Å²) in [5.74, 6) is -1.03. The Hall–Kier alpha value is -0.650. The summed E-state index contributed by atoms with van der Waals surface area (Å²) < 4.78 is 15.2. The van der Waals surface area contributed by atoms with Crippen LogP contribution in [0, 0.1) is 0 Å². The Kier molecular flexibility index (Phi) is 3.65. The van der Waals surface area contributed by atoms with Gasteiger partial charge >= 0.3 is 5.97 Å². The van der Waals surface area contributed by atoms with Gasteiger partial charge < -0.3 is 19.9 Å². The maximum Gasteiger partial charge on any atom is 0.305 e. The molecule has 0 unspecified atom stereocenters. The van der Waals surface area contributed by atoms with Gasteiger partial charge in [0.05, 0.1) is 26.7 Å². The molecule has 1 saturated heterocycles. The lowest BCUT2D eigenvalue weighted by Crippen LogP contribution is -2.39. The first-order valence-corrected chi connectivity index (χ1v) is 4.27. The van der Waals surface area contributed by atoms with Gasteiger partial charge in [-0.25, -0.2) is 0 Å². The number of methoxy groups -OCH3 is 1. The van der Waals surface area contributed by atoms with Crippen LogP contribution < -0.4 is 5.73 Å². The highest BCUT2D eigenvalue weighted by atomic mass is 16.7. The smallest absolute Gasteiger partial charge is 0.305 e. The number of rotatable bonds is 4. The summed E-state index contributed by atoms with van der Waals surface area (Å²) in [7, 11) is 1.35. The van der Waals surface area contributed by atoms with Crippen LogP contribution in [0.1, 0.15) is 12.8 Å². The fourth-order valence-electron chi connectivity index (χ4n) is 1.26. The molecule has 2 N–H and O–H groups in total. The van der Waals surface area contributed by atoms with Gasteiger partial charge in [0.1, 0.15) is 0 Å². The van der Waals surface area contributed by atoms with Crippen LogP contribution in [0.25, 0.3) is 0 Å². The molecule has 0 radical (unpaired) electrons. The number of ether oxygens (including phenoxy) is 3. The Bertz CT molecular complexity index is 177. The molecule has 0 aromatic rings.